The van der Waals surface area contributed by atoms with Gasteiger partial charge in [-0.3, -0.25) is 0 Å². The van der Waals surface area contributed by atoms with Crippen molar-refractivity contribution in [2.45, 2.75) is 31.4 Å². The van der Waals surface area contributed by atoms with Crippen molar-refractivity contribution in [3.05, 3.63) is 0 Å². The van der Waals surface area contributed by atoms with Crippen LogP contribution in [0.15, 0.2) is 0 Å². The fraction of sp³-hybridized carbons (Fsp3) is 1.00. The van der Waals surface area contributed by atoms with Gasteiger partial charge in [0.05, 0.1) is 6.10 Å². The number of nitrogens with two attached hydrogens (primary N) is 1. The lowest BCUT2D eigenvalue weighted by Gasteiger charge is -2.05. The van der Waals surface area contributed by atoms with Crippen molar-refractivity contribution in [1.82, 2.24) is 0 Å². The van der Waals surface area contributed by atoms with Gasteiger partial charge in [0, 0.05) is 18.6 Å². The van der Waals surface area contributed by atoms with Crippen molar-refractivity contribution >= 4 is 0 Å². The summed E-state index contributed by atoms with van der Waals surface area (Å²) in [5, 5.41) is 0. The molecule has 0 aromatic carbocycles. The van der Waals surface area contributed by atoms with Crippen LogP contribution >= 0.6 is 0 Å². The summed E-state index contributed by atoms with van der Waals surface area (Å²) in [5.41, 5.74) is 5.67. The molecule has 0 amide bonds. The van der Waals surface area contributed by atoms with E-state index in [0.29, 0.717) is 18.1 Å². The van der Waals surface area contributed by atoms with Crippen LogP contribution < -0.4 is 5.73 Å². The molecule has 0 bridgehead atoms. The van der Waals surface area contributed by atoms with Gasteiger partial charge in [-0.25, -0.2) is 0 Å². The normalized spacial score (nSPS) is 49.7. The highest BCUT2D eigenvalue weighted by Crippen LogP contribution is 2.37. The molecule has 1 aliphatic carbocycles. The number of hydrogen-bond acceptors (Lipinski definition) is 2. The Morgan fingerprint density at radius 1 is 1.44 bits per heavy atom. The average Bonchev–Trinajstić information content (AvgIpc) is 2.44. The Labute approximate surface area is 55.4 Å². The van der Waals surface area contributed by atoms with Gasteiger partial charge in [-0.15, -0.1) is 0 Å². The zero-order valence-electron chi connectivity index (χ0n) is 5.55. The van der Waals surface area contributed by atoms with Crippen LogP contribution in [0, 0.1) is 5.92 Å². The van der Waals surface area contributed by atoms with E-state index < -0.39 is 0 Å². The Morgan fingerprint density at radius 2 is 2.22 bits per heavy atom. The van der Waals surface area contributed by atoms with Crippen LogP contribution in [-0.2, 0) is 4.74 Å². The van der Waals surface area contributed by atoms with E-state index in [1.807, 2.05) is 0 Å². The number of rotatable bonds is 1. The van der Waals surface area contributed by atoms with Crippen LogP contribution in [-0.4, -0.2) is 18.8 Å². The van der Waals surface area contributed by atoms with E-state index in [4.69, 9.17) is 10.5 Å². The summed E-state index contributed by atoms with van der Waals surface area (Å²) in [6.07, 6.45) is 4.22. The molecule has 2 nitrogen and oxygen atoms in total. The molecule has 0 aromatic rings. The van der Waals surface area contributed by atoms with Crippen molar-refractivity contribution in [3.63, 3.8) is 0 Å². The number of ether oxygens (including phenoxy) is 1. The molecule has 0 radical (unpaired) electrons. The second-order valence-corrected chi connectivity index (χ2v) is 3.11. The maximum atomic E-state index is 5.67. The molecule has 0 aromatic heterocycles. The topological polar surface area (TPSA) is 35.2 Å². The van der Waals surface area contributed by atoms with Crippen LogP contribution in [0.2, 0.25) is 0 Å². The summed E-state index contributed by atoms with van der Waals surface area (Å²) in [5.74, 6) is 0.715. The Hall–Kier alpha value is -0.0800. The third-order valence-corrected chi connectivity index (χ3v) is 2.33. The fourth-order valence-electron chi connectivity index (χ4n) is 1.60. The lowest BCUT2D eigenvalue weighted by molar-refractivity contribution is 0.0927. The zero-order valence-corrected chi connectivity index (χ0v) is 5.55. The Kier molecular flexibility index (Phi) is 1.24. The van der Waals surface area contributed by atoms with Gasteiger partial charge in [0.1, 0.15) is 0 Å². The molecular formula is C7H13NO. The predicted octanol–water partition coefficient (Wildman–Crippen LogP) is 0.513. The minimum Gasteiger partial charge on any atom is -0.378 e. The zero-order chi connectivity index (χ0) is 6.27. The van der Waals surface area contributed by atoms with E-state index in [2.05, 4.69) is 0 Å². The molecule has 9 heavy (non-hydrogen) atoms. The third kappa shape index (κ3) is 0.970. The monoisotopic (exact) mass is 127 g/mol. The molecule has 52 valence electrons. The van der Waals surface area contributed by atoms with E-state index in [1.54, 1.807) is 0 Å². The summed E-state index contributed by atoms with van der Waals surface area (Å²) in [6.45, 7) is 0.966. The van der Waals surface area contributed by atoms with Crippen molar-refractivity contribution in [1.29, 1.82) is 0 Å². The molecule has 3 atom stereocenters. The van der Waals surface area contributed by atoms with E-state index in [0.717, 1.165) is 6.61 Å². The molecule has 1 saturated heterocycles. The Bertz CT molecular complexity index is 109. The first-order valence-electron chi connectivity index (χ1n) is 3.75. The first-order valence-corrected chi connectivity index (χ1v) is 3.75. The van der Waals surface area contributed by atoms with Gasteiger partial charge in [0.25, 0.3) is 0 Å². The van der Waals surface area contributed by atoms with Crippen LogP contribution in [0.3, 0.4) is 0 Å². The molecule has 2 N–H and O–H groups in total. The van der Waals surface area contributed by atoms with Crippen molar-refractivity contribution in [2.75, 3.05) is 6.61 Å². The van der Waals surface area contributed by atoms with Crippen molar-refractivity contribution < 1.29 is 4.74 Å². The molecular weight excluding hydrogens is 114 g/mol. The van der Waals surface area contributed by atoms with Gasteiger partial charge in [0.2, 0.25) is 0 Å². The first-order chi connectivity index (χ1) is 4.38. The van der Waals surface area contributed by atoms with Gasteiger partial charge < -0.3 is 10.5 Å². The van der Waals surface area contributed by atoms with Gasteiger partial charge in [-0.1, -0.05) is 0 Å². The van der Waals surface area contributed by atoms with E-state index in [-0.39, 0.29) is 0 Å². The Morgan fingerprint density at radius 3 is 2.67 bits per heavy atom. The summed E-state index contributed by atoms with van der Waals surface area (Å²) >= 11 is 0. The van der Waals surface area contributed by atoms with Crippen LogP contribution in [0.1, 0.15) is 19.3 Å². The second-order valence-electron chi connectivity index (χ2n) is 3.11. The minimum atomic E-state index is 0.466. The lowest BCUT2D eigenvalue weighted by atomic mass is 10.1. The van der Waals surface area contributed by atoms with Gasteiger partial charge >= 0.3 is 0 Å². The maximum Gasteiger partial charge on any atom is 0.0619 e. The van der Waals surface area contributed by atoms with Gasteiger partial charge in [0.15, 0.2) is 0 Å². The molecule has 1 aliphatic heterocycles. The molecule has 2 rings (SSSR count). The van der Waals surface area contributed by atoms with Crippen LogP contribution in [0.5, 0.6) is 0 Å². The lowest BCUT2D eigenvalue weighted by Crippen LogP contribution is -2.14. The van der Waals surface area contributed by atoms with Crippen molar-refractivity contribution in [2.24, 2.45) is 11.7 Å². The standard InChI is InChI=1S/C7H13NO/c8-6-4-5(6)7-2-1-3-9-7/h5-7H,1-4,8H2/t5-,6-,7-/m0/s1. The molecule has 2 heteroatoms. The summed E-state index contributed by atoms with van der Waals surface area (Å²) in [7, 11) is 0. The highest BCUT2D eigenvalue weighted by Gasteiger charge is 2.41. The highest BCUT2D eigenvalue weighted by atomic mass is 16.5. The SMILES string of the molecule is N[C@H]1C[C@@H]1[C@@H]1CCCO1. The molecule has 1 saturated carbocycles. The van der Waals surface area contributed by atoms with Gasteiger partial charge in [-0.2, -0.15) is 0 Å². The minimum absolute atomic E-state index is 0.466. The van der Waals surface area contributed by atoms with E-state index in [9.17, 15) is 0 Å². The molecule has 2 fully saturated rings. The Balaban J connectivity index is 1.85. The predicted molar refractivity (Wildman–Crippen MR) is 35.1 cm³/mol. The second kappa shape index (κ2) is 1.96. The molecule has 1 heterocycles. The van der Waals surface area contributed by atoms with Crippen LogP contribution in [0.4, 0.5) is 0 Å². The molecule has 0 unspecified atom stereocenters. The van der Waals surface area contributed by atoms with Crippen molar-refractivity contribution in [3.8, 4) is 0 Å². The molecule has 2 aliphatic rings. The fourth-order valence-corrected chi connectivity index (χ4v) is 1.60. The summed E-state index contributed by atoms with van der Waals surface area (Å²) in [4.78, 5) is 0. The van der Waals surface area contributed by atoms with Gasteiger partial charge in [-0.05, 0) is 19.3 Å². The van der Waals surface area contributed by atoms with E-state index in [1.165, 1.54) is 19.3 Å². The smallest absolute Gasteiger partial charge is 0.0619 e. The number of hydrogen-bond donors (Lipinski definition) is 1. The molecule has 0 spiro atoms. The quantitative estimate of drug-likeness (QED) is 0.557. The highest BCUT2D eigenvalue weighted by molar-refractivity contribution is 4.96. The van der Waals surface area contributed by atoms with Crippen LogP contribution in [0.25, 0.3) is 0 Å². The average molecular weight is 127 g/mol. The first kappa shape index (κ1) is 5.69. The summed E-state index contributed by atoms with van der Waals surface area (Å²) < 4.78 is 5.47. The third-order valence-electron chi connectivity index (χ3n) is 2.33. The van der Waals surface area contributed by atoms with E-state index >= 15 is 0 Å². The largest absolute Gasteiger partial charge is 0.378 e. The maximum absolute atomic E-state index is 5.67. The summed E-state index contributed by atoms with van der Waals surface area (Å²) in [6, 6.07) is 0.466.